The quantitative estimate of drug-likeness (QED) is 0.193. The predicted molar refractivity (Wildman–Crippen MR) is 200 cm³/mol. The Labute approximate surface area is 287 Å². The highest BCUT2D eigenvalue weighted by Crippen LogP contribution is 2.39. The molecule has 2 heterocycles. The van der Waals surface area contributed by atoms with Crippen molar-refractivity contribution in [1.29, 1.82) is 15.8 Å². The van der Waals surface area contributed by atoms with E-state index in [2.05, 4.69) is 100 Å². The van der Waals surface area contributed by atoms with Crippen LogP contribution in [0.2, 0.25) is 0 Å². The van der Waals surface area contributed by atoms with Crippen LogP contribution in [0.1, 0.15) is 16.7 Å². The molecule has 0 saturated carbocycles. The van der Waals surface area contributed by atoms with Gasteiger partial charge in [0.25, 0.3) is 0 Å². The summed E-state index contributed by atoms with van der Waals surface area (Å²) in [6.07, 6.45) is 0. The van der Waals surface area contributed by atoms with Crippen molar-refractivity contribution in [3.05, 3.63) is 168 Å². The monoisotopic (exact) mass is 635 g/mol. The first-order chi connectivity index (χ1) is 24.7. The summed E-state index contributed by atoms with van der Waals surface area (Å²) >= 11 is 0. The molecule has 50 heavy (non-hydrogen) atoms. The van der Waals surface area contributed by atoms with Crippen molar-refractivity contribution in [2.75, 3.05) is 0 Å². The molecule has 2 aromatic heterocycles. The number of nitrogens with zero attached hydrogens (tertiary/aromatic N) is 5. The van der Waals surface area contributed by atoms with Crippen LogP contribution in [0.4, 0.5) is 0 Å². The number of aromatic nitrogens is 2. The first-order valence-corrected chi connectivity index (χ1v) is 16.3. The van der Waals surface area contributed by atoms with Gasteiger partial charge in [-0.15, -0.1) is 0 Å². The van der Waals surface area contributed by atoms with Gasteiger partial charge in [0.15, 0.2) is 0 Å². The topological polar surface area (TPSA) is 81.2 Å². The molecule has 5 nitrogen and oxygen atoms in total. The van der Waals surface area contributed by atoms with E-state index >= 15 is 0 Å². The van der Waals surface area contributed by atoms with Crippen LogP contribution in [0.25, 0.3) is 77.2 Å². The van der Waals surface area contributed by atoms with E-state index in [1.54, 1.807) is 0 Å². The van der Waals surface area contributed by atoms with E-state index in [-0.39, 0.29) is 0 Å². The van der Waals surface area contributed by atoms with Crippen LogP contribution in [-0.4, -0.2) is 9.13 Å². The first-order valence-electron chi connectivity index (χ1n) is 16.3. The van der Waals surface area contributed by atoms with Crippen LogP contribution < -0.4 is 0 Å². The molecular formula is C45H25N5. The molecule has 0 atom stereocenters. The molecular weight excluding hydrogens is 611 g/mol. The van der Waals surface area contributed by atoms with E-state index in [9.17, 15) is 15.8 Å². The van der Waals surface area contributed by atoms with Crippen molar-refractivity contribution in [3.8, 4) is 51.8 Å². The van der Waals surface area contributed by atoms with Gasteiger partial charge in [0.1, 0.15) is 6.07 Å². The number of hydrogen-bond donors (Lipinski definition) is 0. The van der Waals surface area contributed by atoms with Crippen LogP contribution in [0.3, 0.4) is 0 Å². The highest BCUT2D eigenvalue weighted by Gasteiger charge is 2.19. The maximum Gasteiger partial charge on any atom is 0.101 e. The smallest absolute Gasteiger partial charge is 0.101 e. The minimum atomic E-state index is 0.555. The van der Waals surface area contributed by atoms with Crippen LogP contribution in [0, 0.1) is 34.0 Å². The van der Waals surface area contributed by atoms with Crippen LogP contribution in [0.15, 0.2) is 152 Å². The zero-order valence-electron chi connectivity index (χ0n) is 26.7. The van der Waals surface area contributed by atoms with Gasteiger partial charge in [-0.25, -0.2) is 0 Å². The molecule has 9 aromatic rings. The number of para-hydroxylation sites is 3. The lowest BCUT2D eigenvalue weighted by atomic mass is 9.96. The van der Waals surface area contributed by atoms with Crippen molar-refractivity contribution < 1.29 is 0 Å². The Balaban J connectivity index is 1.19. The number of nitriles is 3. The highest BCUT2D eigenvalue weighted by atomic mass is 15.0. The summed E-state index contributed by atoms with van der Waals surface area (Å²) in [5, 5.41) is 34.0. The van der Waals surface area contributed by atoms with Gasteiger partial charge in [0.2, 0.25) is 0 Å². The molecule has 9 rings (SSSR count). The Morgan fingerprint density at radius 1 is 0.380 bits per heavy atom. The zero-order valence-corrected chi connectivity index (χ0v) is 26.7. The Kier molecular flexibility index (Phi) is 6.56. The van der Waals surface area contributed by atoms with Crippen molar-refractivity contribution >= 4 is 43.6 Å². The van der Waals surface area contributed by atoms with E-state index < -0.39 is 0 Å². The highest BCUT2D eigenvalue weighted by molar-refractivity contribution is 6.12. The number of hydrogen-bond acceptors (Lipinski definition) is 3. The summed E-state index contributed by atoms with van der Waals surface area (Å²) < 4.78 is 4.37. The second kappa shape index (κ2) is 11.4. The third-order valence-electron chi connectivity index (χ3n) is 9.63. The Morgan fingerprint density at radius 3 is 1.84 bits per heavy atom. The van der Waals surface area contributed by atoms with E-state index in [0.717, 1.165) is 77.2 Å². The lowest BCUT2D eigenvalue weighted by molar-refractivity contribution is 1.17. The lowest BCUT2D eigenvalue weighted by Crippen LogP contribution is -1.98. The largest absolute Gasteiger partial charge is 0.309 e. The van der Waals surface area contributed by atoms with Gasteiger partial charge >= 0.3 is 0 Å². The average Bonchev–Trinajstić information content (AvgIpc) is 3.70. The van der Waals surface area contributed by atoms with E-state index in [1.807, 2.05) is 78.9 Å². The Morgan fingerprint density at radius 2 is 1.02 bits per heavy atom. The maximum atomic E-state index is 10.5. The number of rotatable bonds is 4. The van der Waals surface area contributed by atoms with Crippen molar-refractivity contribution in [3.63, 3.8) is 0 Å². The van der Waals surface area contributed by atoms with E-state index in [0.29, 0.717) is 16.7 Å². The Bertz CT molecular complexity index is 2970. The van der Waals surface area contributed by atoms with Gasteiger partial charge in [-0.1, -0.05) is 84.9 Å². The lowest BCUT2D eigenvalue weighted by Gasteiger charge is -2.15. The Hall–Kier alpha value is -7.39. The fraction of sp³-hybridized carbons (Fsp3) is 0. The standard InChI is InChI=1S/C45H25N5/c46-26-29-19-21-43-38(23-29)36-13-2-5-16-41(36)49(43)39-22-20-31(25-34(39)28-48)30-9-7-10-32(24-30)35-12-1-4-15-40(35)50-42-17-6-3-14-37(42)45-33(27-47)11-8-18-44(45)50/h1-25H. The number of fused-ring (bicyclic) bond motifs is 6. The summed E-state index contributed by atoms with van der Waals surface area (Å²) in [6.45, 7) is 0. The SMILES string of the molecule is N#Cc1ccc2c(c1)c1ccccc1n2-c1ccc(-c2cccc(-c3ccccc3-n3c4ccccc4c4c(C#N)cccc43)c2)cc1C#N. The van der Waals surface area contributed by atoms with E-state index in [1.165, 1.54) is 0 Å². The van der Waals surface area contributed by atoms with E-state index in [4.69, 9.17) is 0 Å². The minimum absolute atomic E-state index is 0.555. The fourth-order valence-electron chi connectivity index (χ4n) is 7.45. The van der Waals surface area contributed by atoms with Crippen molar-refractivity contribution in [2.45, 2.75) is 0 Å². The molecule has 0 bridgehead atoms. The van der Waals surface area contributed by atoms with Gasteiger partial charge in [-0.3, -0.25) is 0 Å². The molecule has 5 heteroatoms. The molecule has 0 spiro atoms. The summed E-state index contributed by atoms with van der Waals surface area (Å²) in [6, 6.07) is 57.9. The van der Waals surface area contributed by atoms with Crippen LogP contribution in [0.5, 0.6) is 0 Å². The van der Waals surface area contributed by atoms with Gasteiger partial charge < -0.3 is 9.13 Å². The molecule has 0 N–H and O–H groups in total. The molecule has 0 radical (unpaired) electrons. The van der Waals surface area contributed by atoms with Gasteiger partial charge in [-0.2, -0.15) is 15.8 Å². The summed E-state index contributed by atoms with van der Waals surface area (Å²) in [5.41, 5.74) is 11.6. The summed E-state index contributed by atoms with van der Waals surface area (Å²) in [7, 11) is 0. The molecule has 0 fully saturated rings. The number of benzene rings is 7. The molecule has 230 valence electrons. The molecule has 7 aromatic carbocycles. The van der Waals surface area contributed by atoms with Gasteiger partial charge in [0.05, 0.1) is 62.3 Å². The zero-order chi connectivity index (χ0) is 33.8. The summed E-state index contributed by atoms with van der Waals surface area (Å²) in [4.78, 5) is 0. The van der Waals surface area contributed by atoms with Crippen molar-refractivity contribution in [1.82, 2.24) is 9.13 Å². The fourth-order valence-corrected chi connectivity index (χ4v) is 7.45. The average molecular weight is 636 g/mol. The summed E-state index contributed by atoms with van der Waals surface area (Å²) in [5.74, 6) is 0. The predicted octanol–water partition coefficient (Wildman–Crippen LogP) is 10.8. The molecule has 0 aliphatic rings. The van der Waals surface area contributed by atoms with Crippen LogP contribution >= 0.6 is 0 Å². The third-order valence-corrected chi connectivity index (χ3v) is 9.63. The first kappa shape index (κ1) is 28.8. The third kappa shape index (κ3) is 4.31. The minimum Gasteiger partial charge on any atom is -0.309 e. The molecule has 0 amide bonds. The van der Waals surface area contributed by atoms with Gasteiger partial charge in [0, 0.05) is 27.1 Å². The normalized spacial score (nSPS) is 11.1. The molecule has 0 aliphatic heterocycles. The molecule has 0 saturated heterocycles. The van der Waals surface area contributed by atoms with Crippen molar-refractivity contribution in [2.24, 2.45) is 0 Å². The molecule has 0 unspecified atom stereocenters. The van der Waals surface area contributed by atoms with Crippen LogP contribution in [-0.2, 0) is 0 Å². The second-order valence-electron chi connectivity index (χ2n) is 12.3. The molecule has 0 aliphatic carbocycles. The van der Waals surface area contributed by atoms with Gasteiger partial charge in [-0.05, 0) is 83.4 Å². The maximum absolute atomic E-state index is 10.5. The second-order valence-corrected chi connectivity index (χ2v) is 12.3.